The summed E-state index contributed by atoms with van der Waals surface area (Å²) in [5, 5.41) is 0.284. The van der Waals surface area contributed by atoms with Gasteiger partial charge >= 0.3 is 12.1 Å². The molecule has 0 bridgehead atoms. The van der Waals surface area contributed by atoms with Crippen LogP contribution in [0.15, 0.2) is 40.2 Å². The molecule has 0 unspecified atom stereocenters. The molecule has 0 atom stereocenters. The van der Waals surface area contributed by atoms with E-state index in [4.69, 9.17) is 0 Å². The first kappa shape index (κ1) is 20.4. The number of thioether (sulfide) groups is 1. The summed E-state index contributed by atoms with van der Waals surface area (Å²) in [5.41, 5.74) is -0.705. The SMILES string of the molecule is COC(=O)/C=C1/SC(=Nc2cccc(C(F)(F)F)c2)N(C2CCCCC2)C1=O. The van der Waals surface area contributed by atoms with Gasteiger partial charge in [0.2, 0.25) is 0 Å². The van der Waals surface area contributed by atoms with Gasteiger partial charge in [-0.25, -0.2) is 9.79 Å². The zero-order valence-corrected chi connectivity index (χ0v) is 16.0. The molecule has 1 aliphatic carbocycles. The lowest BCUT2D eigenvalue weighted by Gasteiger charge is -2.30. The Morgan fingerprint density at radius 1 is 1.29 bits per heavy atom. The number of benzene rings is 1. The van der Waals surface area contributed by atoms with Crippen LogP contribution in [0.5, 0.6) is 0 Å². The van der Waals surface area contributed by atoms with E-state index in [2.05, 4.69) is 9.73 Å². The summed E-state index contributed by atoms with van der Waals surface area (Å²) >= 11 is 0.978. The van der Waals surface area contributed by atoms with Gasteiger partial charge in [-0.15, -0.1) is 0 Å². The topological polar surface area (TPSA) is 59.0 Å². The fourth-order valence-electron chi connectivity index (χ4n) is 3.25. The third-order valence-corrected chi connectivity index (χ3v) is 5.61. The van der Waals surface area contributed by atoms with E-state index < -0.39 is 17.7 Å². The van der Waals surface area contributed by atoms with Gasteiger partial charge in [0, 0.05) is 12.1 Å². The lowest BCUT2D eigenvalue weighted by Crippen LogP contribution is -2.40. The molecule has 2 aliphatic rings. The average molecular weight is 412 g/mol. The van der Waals surface area contributed by atoms with E-state index in [0.717, 1.165) is 62.1 Å². The molecule has 0 spiro atoms. The standard InChI is InChI=1S/C19H19F3N2O3S/c1-27-16(25)11-15-17(26)24(14-8-3-2-4-9-14)18(28-15)23-13-7-5-6-12(10-13)19(20,21)22/h5-7,10-11,14H,2-4,8-9H2,1H3/b15-11+,23-18?. The number of amidine groups is 1. The summed E-state index contributed by atoms with van der Waals surface area (Å²) in [7, 11) is 1.21. The molecule has 1 heterocycles. The van der Waals surface area contributed by atoms with Crippen molar-refractivity contribution in [3.63, 3.8) is 0 Å². The maximum absolute atomic E-state index is 13.0. The van der Waals surface area contributed by atoms with E-state index in [0.29, 0.717) is 0 Å². The van der Waals surface area contributed by atoms with E-state index in [1.54, 1.807) is 0 Å². The largest absolute Gasteiger partial charge is 0.466 e. The van der Waals surface area contributed by atoms with E-state index in [1.807, 2.05) is 0 Å². The van der Waals surface area contributed by atoms with Crippen LogP contribution in [0.25, 0.3) is 0 Å². The Morgan fingerprint density at radius 3 is 2.64 bits per heavy atom. The monoisotopic (exact) mass is 412 g/mol. The van der Waals surface area contributed by atoms with Crippen molar-refractivity contribution < 1.29 is 27.5 Å². The van der Waals surface area contributed by atoms with Crippen molar-refractivity contribution in [2.24, 2.45) is 4.99 Å². The number of ether oxygens (including phenoxy) is 1. The molecule has 2 fully saturated rings. The zero-order chi connectivity index (χ0) is 20.3. The molecule has 1 saturated heterocycles. The molecule has 1 aromatic rings. The minimum Gasteiger partial charge on any atom is -0.466 e. The number of nitrogens with zero attached hydrogens (tertiary/aromatic N) is 2. The number of hydrogen-bond acceptors (Lipinski definition) is 5. The first-order valence-electron chi connectivity index (χ1n) is 8.86. The second kappa shape index (κ2) is 8.38. The molecule has 1 amide bonds. The number of esters is 1. The molecule has 5 nitrogen and oxygen atoms in total. The van der Waals surface area contributed by atoms with Gasteiger partial charge in [-0.2, -0.15) is 13.2 Å². The second-order valence-electron chi connectivity index (χ2n) is 6.54. The summed E-state index contributed by atoms with van der Waals surface area (Å²) in [5.74, 6) is -1.03. The Morgan fingerprint density at radius 2 is 2.00 bits per heavy atom. The lowest BCUT2D eigenvalue weighted by atomic mass is 9.94. The number of carbonyl (C=O) groups is 2. The molecule has 1 aliphatic heterocycles. The van der Waals surface area contributed by atoms with Crippen molar-refractivity contribution in [3.8, 4) is 0 Å². The number of hydrogen-bond donors (Lipinski definition) is 0. The van der Waals surface area contributed by atoms with E-state index in [1.165, 1.54) is 24.1 Å². The summed E-state index contributed by atoms with van der Waals surface area (Å²) in [6.07, 6.45) is 1.21. The van der Waals surface area contributed by atoms with Crippen LogP contribution in [-0.2, 0) is 20.5 Å². The average Bonchev–Trinajstić information content (AvgIpc) is 2.96. The van der Waals surface area contributed by atoms with Crippen molar-refractivity contribution in [1.82, 2.24) is 4.90 Å². The van der Waals surface area contributed by atoms with Gasteiger partial charge in [-0.05, 0) is 42.8 Å². The predicted molar refractivity (Wildman–Crippen MR) is 99.9 cm³/mol. The maximum Gasteiger partial charge on any atom is 0.416 e. The first-order chi connectivity index (χ1) is 13.3. The van der Waals surface area contributed by atoms with Crippen molar-refractivity contribution in [2.75, 3.05) is 7.11 Å². The zero-order valence-electron chi connectivity index (χ0n) is 15.2. The number of rotatable bonds is 3. The Kier molecular flexibility index (Phi) is 6.12. The highest BCUT2D eigenvalue weighted by Gasteiger charge is 2.39. The molecule has 0 aromatic heterocycles. The lowest BCUT2D eigenvalue weighted by molar-refractivity contribution is -0.137. The fraction of sp³-hybridized carbons (Fsp3) is 0.421. The number of alkyl halides is 3. The normalized spacial score (nSPS) is 21.6. The van der Waals surface area contributed by atoms with Crippen LogP contribution in [0, 0.1) is 0 Å². The molecule has 1 aromatic carbocycles. The molecule has 0 N–H and O–H groups in total. The van der Waals surface area contributed by atoms with E-state index >= 15 is 0 Å². The van der Waals surface area contributed by atoms with Gasteiger partial charge in [-0.3, -0.25) is 9.69 Å². The van der Waals surface area contributed by atoms with E-state index in [9.17, 15) is 22.8 Å². The van der Waals surface area contributed by atoms with Gasteiger partial charge in [0.15, 0.2) is 5.17 Å². The molecule has 28 heavy (non-hydrogen) atoms. The third-order valence-electron chi connectivity index (χ3n) is 4.63. The third kappa shape index (κ3) is 4.57. The number of carbonyl (C=O) groups excluding carboxylic acids is 2. The minimum atomic E-state index is -4.48. The maximum atomic E-state index is 13.0. The second-order valence-corrected chi connectivity index (χ2v) is 7.55. The number of aliphatic imine (C=N–C) groups is 1. The van der Waals surface area contributed by atoms with Crippen molar-refractivity contribution in [3.05, 3.63) is 40.8 Å². The van der Waals surface area contributed by atoms with Gasteiger partial charge in [-0.1, -0.05) is 25.3 Å². The smallest absolute Gasteiger partial charge is 0.416 e. The summed E-state index contributed by atoms with van der Waals surface area (Å²) in [4.78, 5) is 30.4. The van der Waals surface area contributed by atoms with Crippen LogP contribution < -0.4 is 0 Å². The quantitative estimate of drug-likeness (QED) is 0.535. The highest BCUT2D eigenvalue weighted by molar-refractivity contribution is 8.18. The Bertz CT molecular complexity index is 830. The summed E-state index contributed by atoms with van der Waals surface area (Å²) in [6, 6.07) is 4.56. The summed E-state index contributed by atoms with van der Waals surface area (Å²) < 4.78 is 43.5. The number of amides is 1. The van der Waals surface area contributed by atoms with Gasteiger partial charge < -0.3 is 4.74 Å². The molecule has 150 valence electrons. The first-order valence-corrected chi connectivity index (χ1v) is 9.68. The van der Waals surface area contributed by atoms with Crippen LogP contribution in [0.4, 0.5) is 18.9 Å². The highest BCUT2D eigenvalue weighted by Crippen LogP contribution is 2.38. The number of halogens is 3. The molecular weight excluding hydrogens is 393 g/mol. The molecule has 0 radical (unpaired) electrons. The highest BCUT2D eigenvalue weighted by atomic mass is 32.2. The van der Waals surface area contributed by atoms with Gasteiger partial charge in [0.25, 0.3) is 5.91 Å². The van der Waals surface area contributed by atoms with Crippen molar-refractivity contribution >= 4 is 34.5 Å². The predicted octanol–water partition coefficient (Wildman–Crippen LogP) is 4.66. The molecule has 3 rings (SSSR count). The Labute approximate surface area is 164 Å². The number of methoxy groups -OCH3 is 1. The van der Waals surface area contributed by atoms with E-state index in [-0.39, 0.29) is 27.7 Å². The molecular formula is C19H19F3N2O3S. The minimum absolute atomic E-state index is 0.0816. The Hall–Kier alpha value is -2.29. The van der Waals surface area contributed by atoms with Gasteiger partial charge in [0.05, 0.1) is 23.3 Å². The van der Waals surface area contributed by atoms with Crippen molar-refractivity contribution in [2.45, 2.75) is 44.3 Å². The molecule has 1 saturated carbocycles. The van der Waals surface area contributed by atoms with Crippen LogP contribution >= 0.6 is 11.8 Å². The van der Waals surface area contributed by atoms with Crippen LogP contribution in [-0.4, -0.2) is 35.1 Å². The van der Waals surface area contributed by atoms with Crippen molar-refractivity contribution in [1.29, 1.82) is 0 Å². The Balaban J connectivity index is 1.98. The van der Waals surface area contributed by atoms with Crippen LogP contribution in [0.2, 0.25) is 0 Å². The van der Waals surface area contributed by atoms with Gasteiger partial charge in [0.1, 0.15) is 0 Å². The molecule has 9 heteroatoms. The van der Waals surface area contributed by atoms with Crippen LogP contribution in [0.1, 0.15) is 37.7 Å². The fourth-order valence-corrected chi connectivity index (χ4v) is 4.27. The van der Waals surface area contributed by atoms with Crippen LogP contribution in [0.3, 0.4) is 0 Å². The summed E-state index contributed by atoms with van der Waals surface area (Å²) in [6.45, 7) is 0.